The van der Waals surface area contributed by atoms with Crippen LogP contribution >= 0.6 is 0 Å². The molecule has 0 aliphatic heterocycles. The molecular weight excluding hydrogens is 280 g/mol. The molecule has 0 aliphatic carbocycles. The van der Waals surface area contributed by atoms with Crippen molar-refractivity contribution in [3.63, 3.8) is 0 Å². The summed E-state index contributed by atoms with van der Waals surface area (Å²) in [5.74, 6) is -0.520. The van der Waals surface area contributed by atoms with Gasteiger partial charge in [0.05, 0.1) is 0 Å². The van der Waals surface area contributed by atoms with Crippen molar-refractivity contribution in [3.05, 3.63) is 12.2 Å². The molecule has 0 heterocycles. The lowest BCUT2D eigenvalue weighted by Gasteiger charge is -2.01. The highest BCUT2D eigenvalue weighted by Crippen LogP contribution is 2.10. The lowest BCUT2D eigenvalue weighted by Crippen LogP contribution is -2.02. The Balaban J connectivity index is 3.43. The number of carbonyl (C=O) groups excluding carboxylic acids is 2. The van der Waals surface area contributed by atoms with Crippen LogP contribution in [-0.2, 0) is 14.4 Å². The molecule has 0 aromatic heterocycles. The third-order valence-corrected chi connectivity index (χ3v) is 3.51. The van der Waals surface area contributed by atoms with Crippen LogP contribution in [0.4, 0.5) is 0 Å². The van der Waals surface area contributed by atoms with Gasteiger partial charge in [0.15, 0.2) is 5.78 Å². The zero-order chi connectivity index (χ0) is 16.6. The third-order valence-electron chi connectivity index (χ3n) is 3.51. The number of hydrogen-bond acceptors (Lipinski definition) is 3. The maximum atomic E-state index is 11.6. The Hall–Kier alpha value is -1.45. The van der Waals surface area contributed by atoms with Crippen LogP contribution in [0.15, 0.2) is 12.2 Å². The molecule has 0 spiro atoms. The van der Waals surface area contributed by atoms with E-state index in [9.17, 15) is 14.4 Å². The number of hydrogen-bond donors (Lipinski definition) is 1. The van der Waals surface area contributed by atoms with Crippen LogP contribution in [0.2, 0.25) is 0 Å². The minimum atomic E-state index is -0.732. The molecule has 4 heteroatoms. The van der Waals surface area contributed by atoms with Gasteiger partial charge in [-0.3, -0.25) is 14.4 Å². The molecule has 0 aromatic rings. The highest BCUT2D eigenvalue weighted by atomic mass is 16.4. The molecule has 0 radical (unpaired) electrons. The second-order valence-corrected chi connectivity index (χ2v) is 5.71. The summed E-state index contributed by atoms with van der Waals surface area (Å²) >= 11 is 0. The maximum absolute atomic E-state index is 11.6. The Bertz CT molecular complexity index is 358. The Morgan fingerprint density at radius 2 is 1.41 bits per heavy atom. The first-order valence-corrected chi connectivity index (χ1v) is 8.49. The minimum absolute atomic E-state index is 0.0419. The predicted octanol–water partition coefficient (Wildman–Crippen LogP) is 4.47. The largest absolute Gasteiger partial charge is 0.481 e. The highest BCUT2D eigenvalue weighted by Gasteiger charge is 2.05. The number of unbranched alkanes of at least 4 members (excludes halogenated alkanes) is 6. The molecule has 0 rings (SSSR count). The molecular formula is C18H30O4. The van der Waals surface area contributed by atoms with Crippen LogP contribution in [0.3, 0.4) is 0 Å². The van der Waals surface area contributed by atoms with Crippen molar-refractivity contribution in [3.8, 4) is 0 Å². The average Bonchev–Trinajstić information content (AvgIpc) is 2.47. The summed E-state index contributed by atoms with van der Waals surface area (Å²) in [6.45, 7) is 2.06. The van der Waals surface area contributed by atoms with E-state index in [4.69, 9.17) is 5.11 Å². The molecule has 22 heavy (non-hydrogen) atoms. The molecule has 0 amide bonds. The molecule has 1 N–H and O–H groups in total. The molecule has 0 atom stereocenters. The number of aliphatic carboxylic acids is 1. The second kappa shape index (κ2) is 14.5. The van der Waals surface area contributed by atoms with Crippen molar-refractivity contribution in [2.24, 2.45) is 0 Å². The molecule has 4 nitrogen and oxygen atoms in total. The molecule has 0 saturated heterocycles. The predicted molar refractivity (Wildman–Crippen MR) is 87.9 cm³/mol. The van der Waals surface area contributed by atoms with Gasteiger partial charge in [0.2, 0.25) is 0 Å². The monoisotopic (exact) mass is 310 g/mol. The quantitative estimate of drug-likeness (QED) is 0.358. The zero-order valence-electron chi connectivity index (χ0n) is 13.8. The van der Waals surface area contributed by atoms with E-state index in [0.717, 1.165) is 51.4 Å². The fourth-order valence-corrected chi connectivity index (χ4v) is 2.16. The summed E-state index contributed by atoms with van der Waals surface area (Å²) in [5, 5.41) is 8.50. The van der Waals surface area contributed by atoms with E-state index in [1.807, 2.05) is 6.08 Å². The van der Waals surface area contributed by atoms with E-state index in [2.05, 4.69) is 6.92 Å². The van der Waals surface area contributed by atoms with Gasteiger partial charge < -0.3 is 5.11 Å². The Morgan fingerprint density at radius 3 is 2.00 bits per heavy atom. The normalized spacial score (nSPS) is 11.0. The van der Waals surface area contributed by atoms with Gasteiger partial charge in [-0.05, 0) is 25.3 Å². The van der Waals surface area contributed by atoms with E-state index in [1.54, 1.807) is 6.08 Å². The number of ketones is 2. The van der Waals surface area contributed by atoms with Crippen LogP contribution in [0, 0.1) is 0 Å². The van der Waals surface area contributed by atoms with Crippen molar-refractivity contribution < 1.29 is 19.5 Å². The van der Waals surface area contributed by atoms with E-state index in [1.165, 1.54) is 0 Å². The minimum Gasteiger partial charge on any atom is -0.481 e. The SMILES string of the molecule is CCCC=CC(=O)CCC(=O)CCCCCCCCC(=O)O. The third kappa shape index (κ3) is 14.9. The molecule has 0 aliphatic rings. The van der Waals surface area contributed by atoms with Crippen molar-refractivity contribution in [2.75, 3.05) is 0 Å². The van der Waals surface area contributed by atoms with Crippen molar-refractivity contribution >= 4 is 17.5 Å². The number of carboxylic acids is 1. The first-order valence-electron chi connectivity index (χ1n) is 8.49. The van der Waals surface area contributed by atoms with E-state index >= 15 is 0 Å². The van der Waals surface area contributed by atoms with Crippen molar-refractivity contribution in [1.82, 2.24) is 0 Å². The Kier molecular flexibility index (Phi) is 13.5. The maximum Gasteiger partial charge on any atom is 0.303 e. The fraction of sp³-hybridized carbons (Fsp3) is 0.722. The smallest absolute Gasteiger partial charge is 0.303 e. The van der Waals surface area contributed by atoms with Gasteiger partial charge in [-0.2, -0.15) is 0 Å². The van der Waals surface area contributed by atoms with Crippen LogP contribution in [-0.4, -0.2) is 22.6 Å². The summed E-state index contributed by atoms with van der Waals surface area (Å²) < 4.78 is 0. The molecule has 0 unspecified atom stereocenters. The summed E-state index contributed by atoms with van der Waals surface area (Å²) in [4.78, 5) is 33.4. The van der Waals surface area contributed by atoms with Gasteiger partial charge >= 0.3 is 5.97 Å². The number of rotatable bonds is 15. The van der Waals surface area contributed by atoms with Gasteiger partial charge in [0, 0.05) is 25.7 Å². The van der Waals surface area contributed by atoms with Crippen LogP contribution < -0.4 is 0 Å². The number of allylic oxidation sites excluding steroid dienone is 2. The van der Waals surface area contributed by atoms with E-state index in [0.29, 0.717) is 19.3 Å². The first-order chi connectivity index (χ1) is 10.6. The lowest BCUT2D eigenvalue weighted by atomic mass is 10.0. The van der Waals surface area contributed by atoms with Gasteiger partial charge in [-0.15, -0.1) is 0 Å². The molecule has 0 bridgehead atoms. The lowest BCUT2D eigenvalue weighted by molar-refractivity contribution is -0.137. The van der Waals surface area contributed by atoms with E-state index < -0.39 is 5.97 Å². The van der Waals surface area contributed by atoms with Gasteiger partial charge in [0.1, 0.15) is 5.78 Å². The standard InChI is InChI=1S/C18H30O4/c1-2-3-8-11-16(19)14-15-17(20)12-9-6-4-5-7-10-13-18(21)22/h8,11H,2-7,9-10,12-15H2,1H3,(H,21,22). The molecule has 126 valence electrons. The fourth-order valence-electron chi connectivity index (χ4n) is 2.16. The topological polar surface area (TPSA) is 71.4 Å². The molecule has 0 saturated carbocycles. The Labute approximate surface area is 134 Å². The summed E-state index contributed by atoms with van der Waals surface area (Å²) in [5.41, 5.74) is 0. The summed E-state index contributed by atoms with van der Waals surface area (Å²) in [6.07, 6.45) is 12.5. The van der Waals surface area contributed by atoms with Crippen LogP contribution in [0.5, 0.6) is 0 Å². The number of Topliss-reactive ketones (excluding diaryl/α,β-unsaturated/α-hetero) is 1. The number of carboxylic acid groups (broad SMARTS) is 1. The average molecular weight is 310 g/mol. The van der Waals surface area contributed by atoms with Crippen molar-refractivity contribution in [1.29, 1.82) is 0 Å². The highest BCUT2D eigenvalue weighted by molar-refractivity contribution is 5.92. The summed E-state index contributed by atoms with van der Waals surface area (Å²) in [6, 6.07) is 0. The molecule has 0 fully saturated rings. The van der Waals surface area contributed by atoms with Crippen molar-refractivity contribution in [2.45, 2.75) is 84.0 Å². The van der Waals surface area contributed by atoms with Crippen LogP contribution in [0.1, 0.15) is 84.0 Å². The zero-order valence-corrected chi connectivity index (χ0v) is 13.8. The van der Waals surface area contributed by atoms with E-state index in [-0.39, 0.29) is 18.0 Å². The molecule has 0 aromatic carbocycles. The van der Waals surface area contributed by atoms with Gasteiger partial charge in [-0.1, -0.05) is 45.1 Å². The Morgan fingerprint density at radius 1 is 0.818 bits per heavy atom. The number of carbonyl (C=O) groups is 3. The second-order valence-electron chi connectivity index (χ2n) is 5.71. The first kappa shape index (κ1) is 20.6. The van der Waals surface area contributed by atoms with Crippen LogP contribution in [0.25, 0.3) is 0 Å². The summed E-state index contributed by atoms with van der Waals surface area (Å²) in [7, 11) is 0. The van der Waals surface area contributed by atoms with Gasteiger partial charge in [0.25, 0.3) is 0 Å². The van der Waals surface area contributed by atoms with Gasteiger partial charge in [-0.25, -0.2) is 0 Å².